The molecule has 1 N–H and O–H groups in total. The van der Waals surface area contributed by atoms with Crippen LogP contribution < -0.4 is 14.8 Å². The predicted octanol–water partition coefficient (Wildman–Crippen LogP) is 3.42. The molecule has 1 unspecified atom stereocenters. The first-order valence-corrected chi connectivity index (χ1v) is 6.66. The minimum absolute atomic E-state index is 0.282. The van der Waals surface area contributed by atoms with Crippen LogP contribution in [0.3, 0.4) is 0 Å². The van der Waals surface area contributed by atoms with E-state index in [1.165, 1.54) is 12.8 Å². The highest BCUT2D eigenvalue weighted by Gasteiger charge is 2.27. The van der Waals surface area contributed by atoms with Crippen molar-refractivity contribution in [1.82, 2.24) is 5.32 Å². The largest absolute Gasteiger partial charge is 0.493 e. The maximum atomic E-state index is 6.34. The monoisotopic (exact) mass is 269 g/mol. The lowest BCUT2D eigenvalue weighted by Gasteiger charge is -2.19. The van der Waals surface area contributed by atoms with Gasteiger partial charge in [0.05, 0.1) is 14.2 Å². The Bertz CT molecular complexity index is 419. The van der Waals surface area contributed by atoms with Gasteiger partial charge in [-0.15, -0.1) is 0 Å². The molecule has 0 radical (unpaired) electrons. The molecule has 2 rings (SSSR count). The molecule has 1 aromatic rings. The molecule has 0 aliphatic heterocycles. The summed E-state index contributed by atoms with van der Waals surface area (Å²) in [5.74, 6) is 2.24. The van der Waals surface area contributed by atoms with Gasteiger partial charge in [-0.25, -0.2) is 0 Å². The van der Waals surface area contributed by atoms with Gasteiger partial charge in [-0.3, -0.25) is 0 Å². The van der Waals surface area contributed by atoms with Crippen LogP contribution in [0.25, 0.3) is 0 Å². The van der Waals surface area contributed by atoms with Crippen molar-refractivity contribution in [2.45, 2.75) is 25.3 Å². The van der Waals surface area contributed by atoms with Gasteiger partial charge in [0, 0.05) is 17.1 Å². The quantitative estimate of drug-likeness (QED) is 0.858. The smallest absolute Gasteiger partial charge is 0.162 e. The highest BCUT2D eigenvalue weighted by Crippen LogP contribution is 2.41. The van der Waals surface area contributed by atoms with E-state index in [9.17, 15) is 0 Å². The summed E-state index contributed by atoms with van der Waals surface area (Å²) in [4.78, 5) is 0. The first-order chi connectivity index (χ1) is 8.69. The first-order valence-electron chi connectivity index (χ1n) is 6.28. The molecule has 0 saturated heterocycles. The molecule has 4 heteroatoms. The third-order valence-corrected chi connectivity index (χ3v) is 3.82. The Morgan fingerprint density at radius 1 is 1.28 bits per heavy atom. The summed E-state index contributed by atoms with van der Waals surface area (Å²) in [6, 6.07) is 4.09. The molecular formula is C14H20ClNO2. The zero-order valence-electron chi connectivity index (χ0n) is 11.1. The number of hydrogen-bond acceptors (Lipinski definition) is 3. The van der Waals surface area contributed by atoms with Crippen LogP contribution in [0.4, 0.5) is 0 Å². The lowest BCUT2D eigenvalue weighted by molar-refractivity contribution is 0.353. The average Bonchev–Trinajstić information content (AvgIpc) is 3.19. The van der Waals surface area contributed by atoms with Gasteiger partial charge in [-0.1, -0.05) is 24.4 Å². The Morgan fingerprint density at radius 3 is 2.39 bits per heavy atom. The van der Waals surface area contributed by atoms with Crippen LogP contribution in [0.1, 0.15) is 30.9 Å². The maximum absolute atomic E-state index is 6.34. The second-order valence-corrected chi connectivity index (χ2v) is 5.16. The summed E-state index contributed by atoms with van der Waals surface area (Å²) < 4.78 is 10.6. The van der Waals surface area contributed by atoms with Crippen molar-refractivity contribution in [2.24, 2.45) is 5.92 Å². The second-order valence-electron chi connectivity index (χ2n) is 4.75. The molecule has 0 heterocycles. The third kappa shape index (κ3) is 2.90. The molecule has 1 atom stereocenters. The highest BCUT2D eigenvalue weighted by molar-refractivity contribution is 6.31. The fraction of sp³-hybridized carbons (Fsp3) is 0.571. The fourth-order valence-electron chi connectivity index (χ4n) is 2.22. The normalized spacial score (nSPS) is 16.4. The Balaban J connectivity index is 2.29. The van der Waals surface area contributed by atoms with Crippen molar-refractivity contribution >= 4 is 11.6 Å². The minimum atomic E-state index is 0.282. The summed E-state index contributed by atoms with van der Waals surface area (Å²) in [7, 11) is 5.23. The zero-order valence-corrected chi connectivity index (χ0v) is 11.9. The topological polar surface area (TPSA) is 30.5 Å². The first kappa shape index (κ1) is 13.5. The van der Waals surface area contributed by atoms with Crippen molar-refractivity contribution in [3.05, 3.63) is 22.7 Å². The van der Waals surface area contributed by atoms with E-state index in [1.54, 1.807) is 14.2 Å². The van der Waals surface area contributed by atoms with Gasteiger partial charge in [0.1, 0.15) is 0 Å². The van der Waals surface area contributed by atoms with Gasteiger partial charge >= 0.3 is 0 Å². The summed E-state index contributed by atoms with van der Waals surface area (Å²) >= 11 is 6.34. The average molecular weight is 270 g/mol. The molecule has 1 aliphatic carbocycles. The molecule has 1 fully saturated rings. The summed E-state index contributed by atoms with van der Waals surface area (Å²) in [6.07, 6.45) is 3.80. The number of ether oxygens (including phenoxy) is 2. The lowest BCUT2D eigenvalue weighted by atomic mass is 10.0. The van der Waals surface area contributed by atoms with Crippen LogP contribution in [0.5, 0.6) is 11.5 Å². The van der Waals surface area contributed by atoms with E-state index < -0.39 is 0 Å². The van der Waals surface area contributed by atoms with Gasteiger partial charge in [0.15, 0.2) is 11.5 Å². The summed E-state index contributed by atoms with van der Waals surface area (Å²) in [5.41, 5.74) is 1.09. The van der Waals surface area contributed by atoms with Crippen LogP contribution in [-0.2, 0) is 0 Å². The SMILES string of the molecule is CNC(CC1CC1)c1cc(OC)c(OC)cc1Cl. The number of halogens is 1. The van der Waals surface area contributed by atoms with Gasteiger partial charge in [-0.05, 0) is 31.0 Å². The highest BCUT2D eigenvalue weighted by atomic mass is 35.5. The number of benzene rings is 1. The second kappa shape index (κ2) is 5.81. The standard InChI is InChI=1S/C14H20ClNO2/c1-16-12(6-9-4-5-9)10-7-13(17-2)14(18-3)8-11(10)15/h7-9,12,16H,4-6H2,1-3H3. The van der Waals surface area contributed by atoms with Gasteiger partial charge in [-0.2, -0.15) is 0 Å². The molecule has 1 saturated carbocycles. The van der Waals surface area contributed by atoms with E-state index in [0.29, 0.717) is 5.75 Å². The predicted molar refractivity (Wildman–Crippen MR) is 73.7 cm³/mol. The Hall–Kier alpha value is -0.930. The van der Waals surface area contributed by atoms with E-state index in [1.807, 2.05) is 19.2 Å². The van der Waals surface area contributed by atoms with E-state index in [2.05, 4.69) is 5.32 Å². The maximum Gasteiger partial charge on any atom is 0.162 e. The Labute approximate surface area is 113 Å². The fourth-order valence-corrected chi connectivity index (χ4v) is 2.51. The van der Waals surface area contributed by atoms with Gasteiger partial charge < -0.3 is 14.8 Å². The molecule has 100 valence electrons. The van der Waals surface area contributed by atoms with Gasteiger partial charge in [0.2, 0.25) is 0 Å². The van der Waals surface area contributed by atoms with Gasteiger partial charge in [0.25, 0.3) is 0 Å². The number of methoxy groups -OCH3 is 2. The Morgan fingerprint density at radius 2 is 1.89 bits per heavy atom. The summed E-state index contributed by atoms with van der Waals surface area (Å²) in [6.45, 7) is 0. The zero-order chi connectivity index (χ0) is 13.1. The molecule has 18 heavy (non-hydrogen) atoms. The molecule has 3 nitrogen and oxygen atoms in total. The van der Waals surface area contributed by atoms with Crippen molar-refractivity contribution in [2.75, 3.05) is 21.3 Å². The minimum Gasteiger partial charge on any atom is -0.493 e. The van der Waals surface area contributed by atoms with Crippen LogP contribution in [0, 0.1) is 5.92 Å². The van der Waals surface area contributed by atoms with Crippen molar-refractivity contribution in [3.63, 3.8) is 0 Å². The van der Waals surface area contributed by atoms with Crippen molar-refractivity contribution in [3.8, 4) is 11.5 Å². The van der Waals surface area contributed by atoms with Crippen molar-refractivity contribution in [1.29, 1.82) is 0 Å². The van der Waals surface area contributed by atoms with Crippen LogP contribution in [0.2, 0.25) is 5.02 Å². The molecule has 0 bridgehead atoms. The van der Waals surface area contributed by atoms with Crippen molar-refractivity contribution < 1.29 is 9.47 Å². The third-order valence-electron chi connectivity index (χ3n) is 3.49. The van der Waals surface area contributed by atoms with E-state index >= 15 is 0 Å². The molecule has 0 aromatic heterocycles. The van der Waals surface area contributed by atoms with Crippen LogP contribution in [0.15, 0.2) is 12.1 Å². The molecule has 1 aliphatic rings. The van der Waals surface area contributed by atoms with E-state index in [0.717, 1.165) is 28.7 Å². The number of rotatable bonds is 6. The summed E-state index contributed by atoms with van der Waals surface area (Å²) in [5, 5.41) is 4.07. The van der Waals surface area contributed by atoms with E-state index in [-0.39, 0.29) is 6.04 Å². The van der Waals surface area contributed by atoms with E-state index in [4.69, 9.17) is 21.1 Å². The molecule has 0 amide bonds. The number of hydrogen-bond donors (Lipinski definition) is 1. The molecular weight excluding hydrogens is 250 g/mol. The molecule has 1 aromatic carbocycles. The van der Waals surface area contributed by atoms with Crippen LogP contribution >= 0.6 is 11.6 Å². The number of nitrogens with one attached hydrogen (secondary N) is 1. The molecule has 0 spiro atoms. The Kier molecular flexibility index (Phi) is 4.36. The lowest BCUT2D eigenvalue weighted by Crippen LogP contribution is -2.17. The van der Waals surface area contributed by atoms with Crippen LogP contribution in [-0.4, -0.2) is 21.3 Å².